The predicted octanol–water partition coefficient (Wildman–Crippen LogP) is 2.26. The van der Waals surface area contributed by atoms with Crippen molar-refractivity contribution in [3.8, 4) is 0 Å². The lowest BCUT2D eigenvalue weighted by atomic mass is 10.2. The van der Waals surface area contributed by atoms with E-state index in [1.165, 1.54) is 6.07 Å². The molecule has 5 heteroatoms. The molecule has 0 aliphatic carbocycles. The summed E-state index contributed by atoms with van der Waals surface area (Å²) in [5.74, 6) is -1.14. The van der Waals surface area contributed by atoms with Crippen molar-refractivity contribution < 1.29 is 14.3 Å². The van der Waals surface area contributed by atoms with Crippen molar-refractivity contribution in [2.45, 2.75) is 0 Å². The number of carboxylic acids is 1. The monoisotopic (exact) mass is 228 g/mol. The molecule has 0 fully saturated rings. The number of furan rings is 1. The summed E-state index contributed by atoms with van der Waals surface area (Å²) >= 11 is 0. The molecule has 0 atom stereocenters. The van der Waals surface area contributed by atoms with Crippen LogP contribution in [0.25, 0.3) is 22.1 Å². The second-order valence-electron chi connectivity index (χ2n) is 3.68. The third kappa shape index (κ3) is 1.32. The number of anilines is 1. The Kier molecular flexibility index (Phi) is 1.82. The zero-order valence-electron chi connectivity index (χ0n) is 8.68. The molecule has 0 saturated heterocycles. The molecular weight excluding hydrogens is 220 g/mol. The molecule has 0 unspecified atom stereocenters. The summed E-state index contributed by atoms with van der Waals surface area (Å²) in [6.45, 7) is 0. The fraction of sp³-hybridized carbons (Fsp3) is 0. The summed E-state index contributed by atoms with van der Waals surface area (Å²) < 4.78 is 5.53. The maximum absolute atomic E-state index is 11.0. The maximum Gasteiger partial charge on any atom is 0.356 e. The van der Waals surface area contributed by atoms with Crippen molar-refractivity contribution in [3.63, 3.8) is 0 Å². The first-order valence-electron chi connectivity index (χ1n) is 4.98. The van der Waals surface area contributed by atoms with Crippen molar-refractivity contribution in [2.24, 2.45) is 0 Å². The smallest absolute Gasteiger partial charge is 0.356 e. The molecule has 0 aliphatic rings. The SMILES string of the molecule is Nc1cc2oc3ccccc3c2nc1C(=O)O. The van der Waals surface area contributed by atoms with Crippen LogP contribution in [-0.4, -0.2) is 16.1 Å². The van der Waals surface area contributed by atoms with Crippen molar-refractivity contribution in [1.82, 2.24) is 4.98 Å². The number of carboxylic acid groups (broad SMARTS) is 1. The van der Waals surface area contributed by atoms with Crippen LogP contribution in [0.2, 0.25) is 0 Å². The average molecular weight is 228 g/mol. The van der Waals surface area contributed by atoms with Crippen LogP contribution in [0.15, 0.2) is 34.7 Å². The van der Waals surface area contributed by atoms with Crippen LogP contribution >= 0.6 is 0 Å². The van der Waals surface area contributed by atoms with Gasteiger partial charge in [-0.2, -0.15) is 0 Å². The summed E-state index contributed by atoms with van der Waals surface area (Å²) in [6, 6.07) is 8.80. The highest BCUT2D eigenvalue weighted by Crippen LogP contribution is 2.29. The van der Waals surface area contributed by atoms with Gasteiger partial charge in [0.25, 0.3) is 0 Å². The standard InChI is InChI=1S/C12H8N2O3/c13-7-5-9-10(14-11(7)12(15)16)6-3-1-2-4-8(6)17-9/h1-5H,13H2,(H,15,16). The Hall–Kier alpha value is -2.56. The zero-order chi connectivity index (χ0) is 12.0. The van der Waals surface area contributed by atoms with Crippen LogP contribution in [0.1, 0.15) is 10.5 Å². The average Bonchev–Trinajstić information content (AvgIpc) is 2.64. The van der Waals surface area contributed by atoms with Crippen LogP contribution in [0.4, 0.5) is 5.69 Å². The van der Waals surface area contributed by atoms with Gasteiger partial charge >= 0.3 is 5.97 Å². The lowest BCUT2D eigenvalue weighted by Gasteiger charge is -1.98. The lowest BCUT2D eigenvalue weighted by Crippen LogP contribution is -2.05. The Morgan fingerprint density at radius 3 is 2.82 bits per heavy atom. The number of fused-ring (bicyclic) bond motifs is 3. The molecule has 0 saturated carbocycles. The van der Waals surface area contributed by atoms with Gasteiger partial charge < -0.3 is 15.3 Å². The normalized spacial score (nSPS) is 11.1. The molecule has 0 radical (unpaired) electrons. The van der Waals surface area contributed by atoms with E-state index in [0.29, 0.717) is 16.7 Å². The molecular formula is C12H8N2O3. The highest BCUT2D eigenvalue weighted by Gasteiger charge is 2.15. The number of pyridine rings is 1. The van der Waals surface area contributed by atoms with E-state index in [2.05, 4.69) is 4.98 Å². The summed E-state index contributed by atoms with van der Waals surface area (Å²) in [6.07, 6.45) is 0. The van der Waals surface area contributed by atoms with Gasteiger partial charge in [-0.1, -0.05) is 12.1 Å². The summed E-state index contributed by atoms with van der Waals surface area (Å²) in [7, 11) is 0. The molecule has 2 heterocycles. The van der Waals surface area contributed by atoms with Crippen molar-refractivity contribution in [2.75, 3.05) is 5.73 Å². The summed E-state index contributed by atoms with van der Waals surface area (Å²) in [5, 5.41) is 9.74. The molecule has 0 spiro atoms. The van der Waals surface area contributed by atoms with Crippen LogP contribution in [0.5, 0.6) is 0 Å². The van der Waals surface area contributed by atoms with E-state index in [4.69, 9.17) is 15.3 Å². The lowest BCUT2D eigenvalue weighted by molar-refractivity contribution is 0.0692. The van der Waals surface area contributed by atoms with Gasteiger partial charge in [-0.15, -0.1) is 0 Å². The third-order valence-electron chi connectivity index (χ3n) is 2.58. The van der Waals surface area contributed by atoms with Crippen molar-refractivity contribution >= 4 is 33.7 Å². The minimum absolute atomic E-state index is 0.101. The quantitative estimate of drug-likeness (QED) is 0.666. The van der Waals surface area contributed by atoms with Gasteiger partial charge in [0, 0.05) is 11.5 Å². The molecule has 1 aromatic carbocycles. The number of nitrogen functional groups attached to an aromatic ring is 1. The van der Waals surface area contributed by atoms with E-state index in [-0.39, 0.29) is 11.4 Å². The molecule has 0 aliphatic heterocycles. The highest BCUT2D eigenvalue weighted by atomic mass is 16.4. The van der Waals surface area contributed by atoms with Gasteiger partial charge in [0.1, 0.15) is 11.1 Å². The van der Waals surface area contributed by atoms with E-state index in [1.54, 1.807) is 6.07 Å². The van der Waals surface area contributed by atoms with E-state index >= 15 is 0 Å². The van der Waals surface area contributed by atoms with Gasteiger partial charge in [0.2, 0.25) is 0 Å². The number of aromatic nitrogens is 1. The van der Waals surface area contributed by atoms with Gasteiger partial charge in [-0.3, -0.25) is 0 Å². The molecule has 84 valence electrons. The molecule has 3 rings (SSSR count). The number of hydrogen-bond donors (Lipinski definition) is 2. The predicted molar refractivity (Wildman–Crippen MR) is 62.9 cm³/mol. The Morgan fingerprint density at radius 2 is 2.06 bits per heavy atom. The van der Waals surface area contributed by atoms with Gasteiger partial charge in [0.05, 0.1) is 5.69 Å². The van der Waals surface area contributed by atoms with Crippen LogP contribution in [0.3, 0.4) is 0 Å². The first-order chi connectivity index (χ1) is 8.16. The Labute approximate surface area is 95.5 Å². The minimum atomic E-state index is -1.14. The zero-order valence-corrected chi connectivity index (χ0v) is 8.68. The first kappa shape index (κ1) is 9.65. The number of hydrogen-bond acceptors (Lipinski definition) is 4. The Balaban J connectivity index is 2.47. The Morgan fingerprint density at radius 1 is 1.29 bits per heavy atom. The molecule has 5 nitrogen and oxygen atoms in total. The van der Waals surface area contributed by atoms with Gasteiger partial charge in [0.15, 0.2) is 11.3 Å². The van der Waals surface area contributed by atoms with E-state index < -0.39 is 5.97 Å². The number of nitrogens with two attached hydrogens (primary N) is 1. The van der Waals surface area contributed by atoms with Gasteiger partial charge in [-0.25, -0.2) is 9.78 Å². The van der Waals surface area contributed by atoms with Crippen molar-refractivity contribution in [3.05, 3.63) is 36.0 Å². The second kappa shape index (κ2) is 3.21. The largest absolute Gasteiger partial charge is 0.476 e. The summed E-state index contributed by atoms with van der Waals surface area (Å²) in [4.78, 5) is 15.0. The van der Waals surface area contributed by atoms with E-state index in [1.807, 2.05) is 18.2 Å². The van der Waals surface area contributed by atoms with Crippen LogP contribution in [0, 0.1) is 0 Å². The second-order valence-corrected chi connectivity index (χ2v) is 3.68. The fourth-order valence-electron chi connectivity index (χ4n) is 1.82. The topological polar surface area (TPSA) is 89.4 Å². The molecule has 2 aromatic heterocycles. The number of aromatic carboxylic acids is 1. The maximum atomic E-state index is 11.0. The van der Waals surface area contributed by atoms with Crippen molar-refractivity contribution in [1.29, 1.82) is 0 Å². The molecule has 0 amide bonds. The summed E-state index contributed by atoms with van der Waals surface area (Å²) in [5.41, 5.74) is 7.24. The number of benzene rings is 1. The minimum Gasteiger partial charge on any atom is -0.476 e. The third-order valence-corrected chi connectivity index (χ3v) is 2.58. The van der Waals surface area contributed by atoms with Crippen LogP contribution < -0.4 is 5.73 Å². The number of para-hydroxylation sites is 1. The molecule has 3 aromatic rings. The first-order valence-corrected chi connectivity index (χ1v) is 4.98. The number of nitrogens with zero attached hydrogens (tertiary/aromatic N) is 1. The van der Waals surface area contributed by atoms with Crippen LogP contribution in [-0.2, 0) is 0 Å². The highest BCUT2D eigenvalue weighted by molar-refractivity contribution is 6.05. The number of carbonyl (C=O) groups is 1. The molecule has 0 bridgehead atoms. The molecule has 17 heavy (non-hydrogen) atoms. The Bertz CT molecular complexity index is 746. The van der Waals surface area contributed by atoms with E-state index in [0.717, 1.165) is 5.39 Å². The van der Waals surface area contributed by atoms with Gasteiger partial charge in [-0.05, 0) is 12.1 Å². The molecule has 3 N–H and O–H groups in total. The number of rotatable bonds is 1. The van der Waals surface area contributed by atoms with E-state index in [9.17, 15) is 4.79 Å². The fourth-order valence-corrected chi connectivity index (χ4v) is 1.82.